The molecule has 0 saturated carbocycles. The molecule has 1 N–H and O–H groups in total. The highest BCUT2D eigenvalue weighted by atomic mass is 16.6. The number of carbonyl (C=O) groups is 1. The Kier molecular flexibility index (Phi) is 6.72. The number of hydrogen-bond donors (Lipinski definition) is 1. The molecule has 2 rings (SSSR count). The lowest BCUT2D eigenvalue weighted by Crippen LogP contribution is -2.43. The van der Waals surface area contributed by atoms with Gasteiger partial charge in [0.15, 0.2) is 0 Å². The highest BCUT2D eigenvalue weighted by Crippen LogP contribution is 2.24. The fraction of sp³-hybridized carbons (Fsp3) is 0.944. The molecule has 1 amide bonds. The van der Waals surface area contributed by atoms with Crippen LogP contribution in [-0.2, 0) is 9.47 Å². The molecule has 0 radical (unpaired) electrons. The molecule has 3 unspecified atom stereocenters. The summed E-state index contributed by atoms with van der Waals surface area (Å²) in [6.45, 7) is 11.6. The van der Waals surface area contributed by atoms with E-state index in [0.29, 0.717) is 18.0 Å². The smallest absolute Gasteiger partial charge is 0.410 e. The summed E-state index contributed by atoms with van der Waals surface area (Å²) in [6, 6.07) is 0.708. The van der Waals surface area contributed by atoms with Crippen LogP contribution in [-0.4, -0.2) is 55.0 Å². The minimum absolute atomic E-state index is 0.159. The van der Waals surface area contributed by atoms with E-state index in [0.717, 1.165) is 45.6 Å². The van der Waals surface area contributed by atoms with Crippen molar-refractivity contribution in [2.75, 3.05) is 26.3 Å². The molecular formula is C18H34N2O3. The minimum Gasteiger partial charge on any atom is -0.444 e. The first-order chi connectivity index (χ1) is 10.8. The van der Waals surface area contributed by atoms with E-state index in [-0.39, 0.29) is 6.09 Å². The van der Waals surface area contributed by atoms with Crippen molar-refractivity contribution in [3.63, 3.8) is 0 Å². The molecule has 2 aliphatic rings. The fourth-order valence-corrected chi connectivity index (χ4v) is 3.47. The minimum atomic E-state index is -0.422. The molecule has 23 heavy (non-hydrogen) atoms. The summed E-state index contributed by atoms with van der Waals surface area (Å²) in [6.07, 6.45) is 5.42. The van der Waals surface area contributed by atoms with Crippen molar-refractivity contribution < 1.29 is 14.3 Å². The SMILES string of the molecule is CC(CC1CCCN1C(=O)OC(C)(C)C)NCC1CCCOC1. The Balaban J connectivity index is 1.75. The average Bonchev–Trinajstić information content (AvgIpc) is 2.93. The van der Waals surface area contributed by atoms with E-state index >= 15 is 0 Å². The lowest BCUT2D eigenvalue weighted by atomic mass is 10.0. The molecule has 5 nitrogen and oxygen atoms in total. The zero-order valence-corrected chi connectivity index (χ0v) is 15.3. The van der Waals surface area contributed by atoms with E-state index in [4.69, 9.17) is 9.47 Å². The Hall–Kier alpha value is -0.810. The van der Waals surface area contributed by atoms with Gasteiger partial charge in [-0.15, -0.1) is 0 Å². The quantitative estimate of drug-likeness (QED) is 0.843. The number of hydrogen-bond acceptors (Lipinski definition) is 4. The number of nitrogens with zero attached hydrogens (tertiary/aromatic N) is 1. The van der Waals surface area contributed by atoms with Crippen LogP contribution >= 0.6 is 0 Å². The van der Waals surface area contributed by atoms with Gasteiger partial charge in [0.1, 0.15) is 5.60 Å². The first kappa shape index (κ1) is 18.5. The summed E-state index contributed by atoms with van der Waals surface area (Å²) in [5.74, 6) is 0.636. The first-order valence-corrected chi connectivity index (χ1v) is 9.16. The van der Waals surface area contributed by atoms with Gasteiger partial charge in [-0.05, 0) is 65.7 Å². The zero-order chi connectivity index (χ0) is 16.9. The summed E-state index contributed by atoms with van der Waals surface area (Å²) < 4.78 is 11.1. The molecule has 0 aromatic carbocycles. The Morgan fingerprint density at radius 3 is 2.78 bits per heavy atom. The van der Waals surface area contributed by atoms with Gasteiger partial charge in [-0.1, -0.05) is 0 Å². The van der Waals surface area contributed by atoms with E-state index in [2.05, 4.69) is 12.2 Å². The van der Waals surface area contributed by atoms with Crippen LogP contribution in [0.2, 0.25) is 0 Å². The summed E-state index contributed by atoms with van der Waals surface area (Å²) >= 11 is 0. The van der Waals surface area contributed by atoms with Gasteiger partial charge >= 0.3 is 6.09 Å². The van der Waals surface area contributed by atoms with Crippen molar-refractivity contribution >= 4 is 6.09 Å². The molecule has 0 aromatic rings. The molecule has 2 aliphatic heterocycles. The standard InChI is InChI=1S/C18H34N2O3/c1-14(19-12-15-7-6-10-22-13-15)11-16-8-5-9-20(16)17(21)23-18(2,3)4/h14-16,19H,5-13H2,1-4H3. The van der Waals surface area contributed by atoms with Crippen LogP contribution in [0, 0.1) is 5.92 Å². The van der Waals surface area contributed by atoms with Crippen LogP contribution in [0.15, 0.2) is 0 Å². The van der Waals surface area contributed by atoms with Crippen LogP contribution in [0.4, 0.5) is 4.79 Å². The number of ether oxygens (including phenoxy) is 2. The van der Waals surface area contributed by atoms with Crippen LogP contribution in [0.25, 0.3) is 0 Å². The maximum absolute atomic E-state index is 12.3. The summed E-state index contributed by atoms with van der Waals surface area (Å²) in [4.78, 5) is 14.2. The molecule has 2 fully saturated rings. The predicted octanol–water partition coefficient (Wildman–Crippen LogP) is 3.18. The van der Waals surface area contributed by atoms with E-state index < -0.39 is 5.60 Å². The normalized spacial score (nSPS) is 27.0. The Morgan fingerprint density at radius 1 is 1.35 bits per heavy atom. The fourth-order valence-electron chi connectivity index (χ4n) is 3.47. The second-order valence-electron chi connectivity index (χ2n) is 8.10. The molecule has 0 aromatic heterocycles. The van der Waals surface area contributed by atoms with E-state index in [9.17, 15) is 4.79 Å². The van der Waals surface area contributed by atoms with Gasteiger partial charge in [0, 0.05) is 31.8 Å². The predicted molar refractivity (Wildman–Crippen MR) is 91.6 cm³/mol. The second kappa shape index (κ2) is 8.34. The molecule has 134 valence electrons. The molecular weight excluding hydrogens is 292 g/mol. The average molecular weight is 326 g/mol. The maximum atomic E-state index is 12.3. The summed E-state index contributed by atoms with van der Waals surface area (Å²) in [5.41, 5.74) is -0.422. The van der Waals surface area contributed by atoms with Gasteiger partial charge in [0.25, 0.3) is 0 Å². The van der Waals surface area contributed by atoms with Crippen LogP contribution in [0.3, 0.4) is 0 Å². The maximum Gasteiger partial charge on any atom is 0.410 e. The third-order valence-electron chi connectivity index (χ3n) is 4.64. The lowest BCUT2D eigenvalue weighted by molar-refractivity contribution is 0.0212. The van der Waals surface area contributed by atoms with Crippen LogP contribution < -0.4 is 5.32 Å². The van der Waals surface area contributed by atoms with Gasteiger partial charge < -0.3 is 19.7 Å². The molecule has 0 aliphatic carbocycles. The monoisotopic (exact) mass is 326 g/mol. The third kappa shape index (κ3) is 6.30. The largest absolute Gasteiger partial charge is 0.444 e. The number of likely N-dealkylation sites (tertiary alicyclic amines) is 1. The van der Waals surface area contributed by atoms with Crippen LogP contribution in [0.5, 0.6) is 0 Å². The molecule has 2 heterocycles. The van der Waals surface area contributed by atoms with Crippen molar-refractivity contribution in [3.05, 3.63) is 0 Å². The van der Waals surface area contributed by atoms with Gasteiger partial charge in [-0.3, -0.25) is 0 Å². The number of rotatable bonds is 5. The molecule has 0 bridgehead atoms. The van der Waals surface area contributed by atoms with Crippen molar-refractivity contribution in [2.45, 2.75) is 77.5 Å². The van der Waals surface area contributed by atoms with E-state index in [1.807, 2.05) is 25.7 Å². The van der Waals surface area contributed by atoms with Crippen molar-refractivity contribution in [1.82, 2.24) is 10.2 Å². The molecule has 3 atom stereocenters. The Bertz CT molecular complexity index is 375. The number of nitrogens with one attached hydrogen (secondary N) is 1. The number of carbonyl (C=O) groups excluding carboxylic acids is 1. The Morgan fingerprint density at radius 2 is 2.13 bits per heavy atom. The van der Waals surface area contributed by atoms with Gasteiger partial charge in [0.2, 0.25) is 0 Å². The third-order valence-corrected chi connectivity index (χ3v) is 4.64. The lowest BCUT2D eigenvalue weighted by Gasteiger charge is -2.30. The summed E-state index contributed by atoms with van der Waals surface area (Å²) in [5, 5.41) is 3.63. The molecule has 2 saturated heterocycles. The van der Waals surface area contributed by atoms with Gasteiger partial charge in [0.05, 0.1) is 6.61 Å². The Labute approximate surface area is 141 Å². The molecule has 5 heteroatoms. The van der Waals surface area contributed by atoms with E-state index in [1.54, 1.807) is 0 Å². The topological polar surface area (TPSA) is 50.8 Å². The first-order valence-electron chi connectivity index (χ1n) is 9.16. The van der Waals surface area contributed by atoms with Crippen LogP contribution in [0.1, 0.15) is 59.8 Å². The van der Waals surface area contributed by atoms with Crippen molar-refractivity contribution in [3.8, 4) is 0 Å². The highest BCUT2D eigenvalue weighted by molar-refractivity contribution is 5.68. The second-order valence-corrected chi connectivity index (χ2v) is 8.10. The van der Waals surface area contributed by atoms with E-state index in [1.165, 1.54) is 12.8 Å². The number of amides is 1. The van der Waals surface area contributed by atoms with Crippen molar-refractivity contribution in [1.29, 1.82) is 0 Å². The van der Waals surface area contributed by atoms with Gasteiger partial charge in [-0.25, -0.2) is 4.79 Å². The van der Waals surface area contributed by atoms with Crippen molar-refractivity contribution in [2.24, 2.45) is 5.92 Å². The molecule has 0 spiro atoms. The zero-order valence-electron chi connectivity index (χ0n) is 15.3. The highest BCUT2D eigenvalue weighted by Gasteiger charge is 2.32. The van der Waals surface area contributed by atoms with Gasteiger partial charge in [-0.2, -0.15) is 0 Å². The summed E-state index contributed by atoms with van der Waals surface area (Å²) in [7, 11) is 0.